The molecule has 2 heterocycles. The summed E-state index contributed by atoms with van der Waals surface area (Å²) < 4.78 is 15.4. The highest BCUT2D eigenvalue weighted by molar-refractivity contribution is 5.95. The highest BCUT2D eigenvalue weighted by atomic mass is 35.5. The van der Waals surface area contributed by atoms with E-state index in [1.165, 1.54) is 16.9 Å². The van der Waals surface area contributed by atoms with Gasteiger partial charge in [0.1, 0.15) is 11.5 Å². The van der Waals surface area contributed by atoms with Crippen LogP contribution in [0.25, 0.3) is 5.69 Å². The predicted octanol–water partition coefficient (Wildman–Crippen LogP) is 2.57. The molecule has 0 radical (unpaired) electrons. The molecule has 1 N–H and O–H groups in total. The van der Waals surface area contributed by atoms with Gasteiger partial charge in [-0.3, -0.25) is 4.79 Å². The Kier molecular flexibility index (Phi) is 5.96. The Hall–Kier alpha value is -1.92. The molecular formula is C17H22ClFN4O. The molecule has 0 saturated carbocycles. The number of hydrogen-bond donors (Lipinski definition) is 1. The number of piperidine rings is 1. The number of carbonyl (C=O) groups is 1. The van der Waals surface area contributed by atoms with Crippen molar-refractivity contribution in [2.24, 2.45) is 0 Å². The molecular weight excluding hydrogens is 331 g/mol. The summed E-state index contributed by atoms with van der Waals surface area (Å²) in [6.07, 6.45) is 3.43. The summed E-state index contributed by atoms with van der Waals surface area (Å²) >= 11 is 0. The van der Waals surface area contributed by atoms with E-state index in [2.05, 4.69) is 10.4 Å². The second kappa shape index (κ2) is 7.77. The van der Waals surface area contributed by atoms with Gasteiger partial charge in [0.2, 0.25) is 0 Å². The molecule has 1 aromatic carbocycles. The number of nitrogens with one attached hydrogen (secondary N) is 1. The van der Waals surface area contributed by atoms with Gasteiger partial charge in [-0.25, -0.2) is 9.07 Å². The van der Waals surface area contributed by atoms with Crippen molar-refractivity contribution in [2.75, 3.05) is 20.1 Å². The third kappa shape index (κ3) is 3.44. The van der Waals surface area contributed by atoms with Crippen molar-refractivity contribution in [3.8, 4) is 5.69 Å². The number of rotatable bonds is 3. The molecule has 24 heavy (non-hydrogen) atoms. The molecule has 1 fully saturated rings. The van der Waals surface area contributed by atoms with Crippen molar-refractivity contribution in [3.63, 3.8) is 0 Å². The summed E-state index contributed by atoms with van der Waals surface area (Å²) in [6, 6.07) is 6.91. The monoisotopic (exact) mass is 352 g/mol. The third-order valence-electron chi connectivity index (χ3n) is 4.51. The van der Waals surface area contributed by atoms with Gasteiger partial charge in [-0.15, -0.1) is 12.4 Å². The fourth-order valence-corrected chi connectivity index (χ4v) is 3.03. The Morgan fingerprint density at radius 1 is 1.29 bits per heavy atom. The first-order valence-corrected chi connectivity index (χ1v) is 7.88. The summed E-state index contributed by atoms with van der Waals surface area (Å²) in [5.74, 6) is -0.382. The molecule has 7 heteroatoms. The average molecular weight is 353 g/mol. The molecule has 1 saturated heterocycles. The minimum Gasteiger partial charge on any atom is -0.338 e. The number of aromatic nitrogens is 2. The second-order valence-corrected chi connectivity index (χ2v) is 5.86. The van der Waals surface area contributed by atoms with Gasteiger partial charge in [-0.2, -0.15) is 5.10 Å². The standard InChI is InChI=1S/C17H21FN4O.ClH/c1-12-14(17(23)21-9-7-13(19-2)8-10-21)11-20-22(12)16-6-4-3-5-15(16)18;/h3-6,11,13,19H,7-10H2,1-2H3;1H. The van der Waals surface area contributed by atoms with Gasteiger partial charge in [-0.1, -0.05) is 12.1 Å². The molecule has 2 aromatic rings. The van der Waals surface area contributed by atoms with E-state index < -0.39 is 0 Å². The lowest BCUT2D eigenvalue weighted by Crippen LogP contribution is -2.44. The topological polar surface area (TPSA) is 50.2 Å². The molecule has 1 aliphatic rings. The van der Waals surface area contributed by atoms with Crippen LogP contribution in [-0.2, 0) is 0 Å². The number of benzene rings is 1. The Labute approximate surface area is 147 Å². The minimum atomic E-state index is -0.354. The highest BCUT2D eigenvalue weighted by Gasteiger charge is 2.25. The van der Waals surface area contributed by atoms with Crippen molar-refractivity contribution in [2.45, 2.75) is 25.8 Å². The molecule has 5 nitrogen and oxygen atoms in total. The molecule has 0 bridgehead atoms. The lowest BCUT2D eigenvalue weighted by molar-refractivity contribution is 0.0706. The summed E-state index contributed by atoms with van der Waals surface area (Å²) in [5.41, 5.74) is 1.56. The van der Waals surface area contributed by atoms with Crippen molar-refractivity contribution in [1.29, 1.82) is 0 Å². The zero-order valence-electron chi connectivity index (χ0n) is 13.8. The van der Waals surface area contributed by atoms with Crippen molar-refractivity contribution in [1.82, 2.24) is 20.0 Å². The van der Waals surface area contributed by atoms with Crippen molar-refractivity contribution in [3.05, 3.63) is 47.5 Å². The predicted molar refractivity (Wildman–Crippen MR) is 93.5 cm³/mol. The number of para-hydroxylation sites is 1. The van der Waals surface area contributed by atoms with Gasteiger partial charge < -0.3 is 10.2 Å². The number of amides is 1. The van der Waals surface area contributed by atoms with Crippen molar-refractivity contribution >= 4 is 18.3 Å². The fraction of sp³-hybridized carbons (Fsp3) is 0.412. The van der Waals surface area contributed by atoms with Crippen LogP contribution in [0.2, 0.25) is 0 Å². The zero-order chi connectivity index (χ0) is 16.4. The van der Waals surface area contributed by atoms with E-state index in [0.29, 0.717) is 23.0 Å². The van der Waals surface area contributed by atoms with E-state index in [-0.39, 0.29) is 24.1 Å². The first-order valence-electron chi connectivity index (χ1n) is 7.88. The zero-order valence-corrected chi connectivity index (χ0v) is 14.6. The van der Waals surface area contributed by atoms with Crippen LogP contribution in [0.15, 0.2) is 30.5 Å². The van der Waals surface area contributed by atoms with Gasteiger partial charge in [0.05, 0.1) is 17.5 Å². The lowest BCUT2D eigenvalue weighted by atomic mass is 10.0. The maximum Gasteiger partial charge on any atom is 0.257 e. The van der Waals surface area contributed by atoms with Crippen LogP contribution in [0.1, 0.15) is 28.9 Å². The molecule has 0 aliphatic carbocycles. The summed E-state index contributed by atoms with van der Waals surface area (Å²) in [7, 11) is 1.95. The van der Waals surface area contributed by atoms with E-state index in [1.54, 1.807) is 25.1 Å². The fourth-order valence-electron chi connectivity index (χ4n) is 3.03. The van der Waals surface area contributed by atoms with Crippen LogP contribution in [0.4, 0.5) is 4.39 Å². The van der Waals surface area contributed by atoms with Crippen LogP contribution in [0.3, 0.4) is 0 Å². The number of likely N-dealkylation sites (tertiary alicyclic amines) is 1. The van der Waals surface area contributed by atoms with Crippen molar-refractivity contribution < 1.29 is 9.18 Å². The Balaban J connectivity index is 0.00000208. The largest absolute Gasteiger partial charge is 0.338 e. The van der Waals surface area contributed by atoms with Gasteiger partial charge >= 0.3 is 0 Å². The van der Waals surface area contributed by atoms with E-state index >= 15 is 0 Å². The Morgan fingerprint density at radius 3 is 2.58 bits per heavy atom. The van der Waals surface area contributed by atoms with E-state index in [1.807, 2.05) is 11.9 Å². The normalized spacial score (nSPS) is 15.2. The highest BCUT2D eigenvalue weighted by Crippen LogP contribution is 2.20. The SMILES string of the molecule is CNC1CCN(C(=O)c2cnn(-c3ccccc3F)c2C)CC1.Cl. The molecule has 1 aromatic heterocycles. The van der Waals surface area contributed by atoms with E-state index in [9.17, 15) is 9.18 Å². The Morgan fingerprint density at radius 2 is 1.96 bits per heavy atom. The van der Waals surface area contributed by atoms with Crippen LogP contribution in [0, 0.1) is 12.7 Å². The molecule has 130 valence electrons. The molecule has 1 amide bonds. The number of nitrogens with zero attached hydrogens (tertiary/aromatic N) is 3. The van der Waals surface area contributed by atoms with Crippen LogP contribution >= 0.6 is 12.4 Å². The molecule has 1 aliphatic heterocycles. The Bertz CT molecular complexity index is 710. The van der Waals surface area contributed by atoms with Gasteiger partial charge in [0.25, 0.3) is 5.91 Å². The molecule has 0 unspecified atom stereocenters. The van der Waals surface area contributed by atoms with Crippen LogP contribution in [-0.4, -0.2) is 46.8 Å². The molecule has 0 atom stereocenters. The van der Waals surface area contributed by atoms with Gasteiger partial charge in [-0.05, 0) is 38.9 Å². The minimum absolute atomic E-state index is 0. The summed E-state index contributed by atoms with van der Waals surface area (Å²) in [6.45, 7) is 3.26. The quantitative estimate of drug-likeness (QED) is 0.923. The third-order valence-corrected chi connectivity index (χ3v) is 4.51. The molecule has 3 rings (SSSR count). The van der Waals surface area contributed by atoms with Gasteiger partial charge in [0, 0.05) is 19.1 Å². The van der Waals surface area contributed by atoms with E-state index in [4.69, 9.17) is 0 Å². The van der Waals surface area contributed by atoms with Crippen LogP contribution in [0.5, 0.6) is 0 Å². The molecule has 0 spiro atoms. The second-order valence-electron chi connectivity index (χ2n) is 5.86. The first-order chi connectivity index (χ1) is 11.1. The van der Waals surface area contributed by atoms with E-state index in [0.717, 1.165) is 25.9 Å². The maximum atomic E-state index is 13.9. The number of halogens is 2. The average Bonchev–Trinajstić information content (AvgIpc) is 2.96. The maximum absolute atomic E-state index is 13.9. The lowest BCUT2D eigenvalue weighted by Gasteiger charge is -2.31. The summed E-state index contributed by atoms with van der Waals surface area (Å²) in [4.78, 5) is 14.6. The van der Waals surface area contributed by atoms with Crippen LogP contribution < -0.4 is 5.32 Å². The van der Waals surface area contributed by atoms with Gasteiger partial charge in [0.15, 0.2) is 0 Å². The summed E-state index contributed by atoms with van der Waals surface area (Å²) in [5, 5.41) is 7.46. The number of carbonyl (C=O) groups excluding carboxylic acids is 1. The first kappa shape index (κ1) is 18.4. The smallest absolute Gasteiger partial charge is 0.257 e. The number of hydrogen-bond acceptors (Lipinski definition) is 3.